The fourth-order valence-corrected chi connectivity index (χ4v) is 1.87. The summed E-state index contributed by atoms with van der Waals surface area (Å²) in [5, 5.41) is 5.34. The van der Waals surface area contributed by atoms with Crippen LogP contribution in [0.4, 0.5) is 0 Å². The number of carbonyl (C=O) groups is 2. The molecule has 1 aromatic carbocycles. The number of hydrogen-bond acceptors (Lipinski definition) is 3. The molecular formula is C15H18N4O2. The molecule has 0 atom stereocenters. The van der Waals surface area contributed by atoms with Crippen molar-refractivity contribution in [1.29, 1.82) is 0 Å². The van der Waals surface area contributed by atoms with E-state index in [4.69, 9.17) is 0 Å². The topological polar surface area (TPSA) is 86.9 Å². The number of benzene rings is 1. The van der Waals surface area contributed by atoms with Gasteiger partial charge >= 0.3 is 0 Å². The van der Waals surface area contributed by atoms with Crippen molar-refractivity contribution in [2.45, 2.75) is 13.3 Å². The van der Waals surface area contributed by atoms with Crippen LogP contribution >= 0.6 is 0 Å². The van der Waals surface area contributed by atoms with Crippen molar-refractivity contribution in [3.8, 4) is 0 Å². The molecule has 6 heteroatoms. The Morgan fingerprint density at radius 2 is 2.14 bits per heavy atom. The van der Waals surface area contributed by atoms with Crippen LogP contribution in [0.25, 0.3) is 0 Å². The summed E-state index contributed by atoms with van der Waals surface area (Å²) < 4.78 is 0. The molecule has 1 aromatic heterocycles. The molecule has 1 heterocycles. The lowest BCUT2D eigenvalue weighted by molar-refractivity contribution is -0.120. The van der Waals surface area contributed by atoms with E-state index in [1.807, 2.05) is 19.1 Å². The highest BCUT2D eigenvalue weighted by Crippen LogP contribution is 2.03. The van der Waals surface area contributed by atoms with Gasteiger partial charge in [-0.05, 0) is 19.1 Å². The molecule has 21 heavy (non-hydrogen) atoms. The molecule has 0 aliphatic carbocycles. The SMILES string of the molecule is Cc1cccc(C(=O)NCC(=O)NCCc2cnc[nH]2)c1. The van der Waals surface area contributed by atoms with Crippen LogP contribution in [0.1, 0.15) is 21.6 Å². The van der Waals surface area contributed by atoms with Crippen LogP contribution in [-0.4, -0.2) is 34.9 Å². The lowest BCUT2D eigenvalue weighted by Crippen LogP contribution is -2.37. The molecule has 2 amide bonds. The number of hydrogen-bond donors (Lipinski definition) is 3. The Morgan fingerprint density at radius 1 is 1.29 bits per heavy atom. The highest BCUT2D eigenvalue weighted by Gasteiger charge is 2.07. The summed E-state index contributed by atoms with van der Waals surface area (Å²) in [6, 6.07) is 7.23. The zero-order chi connectivity index (χ0) is 15.1. The number of imidazole rings is 1. The molecule has 0 bridgehead atoms. The minimum atomic E-state index is -0.248. The van der Waals surface area contributed by atoms with Gasteiger partial charge in [-0.1, -0.05) is 17.7 Å². The zero-order valence-corrected chi connectivity index (χ0v) is 11.8. The normalized spacial score (nSPS) is 10.1. The zero-order valence-electron chi connectivity index (χ0n) is 11.8. The summed E-state index contributed by atoms with van der Waals surface area (Å²) in [6.07, 6.45) is 3.99. The van der Waals surface area contributed by atoms with Crippen LogP contribution in [-0.2, 0) is 11.2 Å². The maximum Gasteiger partial charge on any atom is 0.251 e. The molecule has 2 rings (SSSR count). The van der Waals surface area contributed by atoms with E-state index >= 15 is 0 Å². The Labute approximate surface area is 123 Å². The van der Waals surface area contributed by atoms with Gasteiger partial charge in [-0.25, -0.2) is 4.98 Å². The summed E-state index contributed by atoms with van der Waals surface area (Å²) >= 11 is 0. The van der Waals surface area contributed by atoms with E-state index in [0.29, 0.717) is 18.5 Å². The van der Waals surface area contributed by atoms with Gasteiger partial charge in [0, 0.05) is 30.4 Å². The van der Waals surface area contributed by atoms with Gasteiger partial charge in [-0.3, -0.25) is 9.59 Å². The average Bonchev–Trinajstić information content (AvgIpc) is 2.98. The number of aromatic amines is 1. The van der Waals surface area contributed by atoms with E-state index in [0.717, 1.165) is 11.3 Å². The summed E-state index contributed by atoms with van der Waals surface area (Å²) in [6.45, 7) is 2.38. The molecule has 6 nitrogen and oxygen atoms in total. The van der Waals surface area contributed by atoms with E-state index in [9.17, 15) is 9.59 Å². The van der Waals surface area contributed by atoms with Crippen LogP contribution in [0.3, 0.4) is 0 Å². The van der Waals surface area contributed by atoms with Crippen molar-refractivity contribution in [2.75, 3.05) is 13.1 Å². The highest BCUT2D eigenvalue weighted by atomic mass is 16.2. The van der Waals surface area contributed by atoms with Crippen LogP contribution in [0.15, 0.2) is 36.8 Å². The third kappa shape index (κ3) is 4.76. The molecule has 0 aliphatic rings. The fourth-order valence-electron chi connectivity index (χ4n) is 1.87. The first-order valence-electron chi connectivity index (χ1n) is 6.74. The summed E-state index contributed by atoms with van der Waals surface area (Å²) in [5.41, 5.74) is 2.52. The standard InChI is InChI=1S/C15H18N4O2/c1-11-3-2-4-12(7-11)15(21)18-9-14(20)17-6-5-13-8-16-10-19-13/h2-4,7-8,10H,5-6,9H2,1H3,(H,16,19)(H,17,20)(H,18,21). The van der Waals surface area contributed by atoms with Gasteiger partial charge in [0.25, 0.3) is 5.91 Å². The maximum absolute atomic E-state index is 11.9. The number of aryl methyl sites for hydroxylation is 1. The van der Waals surface area contributed by atoms with Gasteiger partial charge in [0.2, 0.25) is 5.91 Å². The lowest BCUT2D eigenvalue weighted by Gasteiger charge is -2.07. The minimum Gasteiger partial charge on any atom is -0.354 e. The summed E-state index contributed by atoms with van der Waals surface area (Å²) in [7, 11) is 0. The van der Waals surface area contributed by atoms with Crippen molar-refractivity contribution in [1.82, 2.24) is 20.6 Å². The quantitative estimate of drug-likeness (QED) is 0.734. The predicted molar refractivity (Wildman–Crippen MR) is 78.8 cm³/mol. The number of aromatic nitrogens is 2. The van der Waals surface area contributed by atoms with Gasteiger partial charge in [0.1, 0.15) is 0 Å². The van der Waals surface area contributed by atoms with Gasteiger partial charge in [-0.15, -0.1) is 0 Å². The first-order valence-corrected chi connectivity index (χ1v) is 6.74. The number of carbonyl (C=O) groups excluding carboxylic acids is 2. The second kappa shape index (κ2) is 7.23. The lowest BCUT2D eigenvalue weighted by atomic mass is 10.1. The van der Waals surface area contributed by atoms with E-state index in [2.05, 4.69) is 20.6 Å². The molecule has 110 valence electrons. The number of rotatable bonds is 6. The smallest absolute Gasteiger partial charge is 0.251 e. The molecule has 0 aliphatic heterocycles. The van der Waals surface area contributed by atoms with E-state index in [-0.39, 0.29) is 18.4 Å². The predicted octanol–water partition coefficient (Wildman–Crippen LogP) is 0.807. The van der Waals surface area contributed by atoms with Crippen LogP contribution in [0.5, 0.6) is 0 Å². The largest absolute Gasteiger partial charge is 0.354 e. The molecule has 0 unspecified atom stereocenters. The van der Waals surface area contributed by atoms with Crippen LogP contribution in [0.2, 0.25) is 0 Å². The number of nitrogens with one attached hydrogen (secondary N) is 3. The molecule has 0 radical (unpaired) electrons. The second-order valence-corrected chi connectivity index (χ2v) is 4.73. The van der Waals surface area contributed by atoms with E-state index in [1.165, 1.54) is 0 Å². The molecule has 0 saturated heterocycles. The third-order valence-electron chi connectivity index (χ3n) is 2.96. The Morgan fingerprint density at radius 3 is 2.86 bits per heavy atom. The molecule has 2 aromatic rings. The van der Waals surface area contributed by atoms with Gasteiger partial charge in [-0.2, -0.15) is 0 Å². The van der Waals surface area contributed by atoms with Crippen molar-refractivity contribution >= 4 is 11.8 Å². The Balaban J connectivity index is 1.70. The second-order valence-electron chi connectivity index (χ2n) is 4.73. The van der Waals surface area contributed by atoms with Crippen LogP contribution < -0.4 is 10.6 Å². The third-order valence-corrected chi connectivity index (χ3v) is 2.96. The number of nitrogens with zero attached hydrogens (tertiary/aromatic N) is 1. The summed E-state index contributed by atoms with van der Waals surface area (Å²) in [5.74, 6) is -0.460. The first-order chi connectivity index (χ1) is 10.1. The Hall–Kier alpha value is -2.63. The number of H-pyrrole nitrogens is 1. The summed E-state index contributed by atoms with van der Waals surface area (Å²) in [4.78, 5) is 30.3. The Kier molecular flexibility index (Phi) is 5.09. The highest BCUT2D eigenvalue weighted by molar-refractivity contribution is 5.96. The van der Waals surface area contributed by atoms with Gasteiger partial charge in [0.15, 0.2) is 0 Å². The maximum atomic E-state index is 11.9. The minimum absolute atomic E-state index is 0.0320. The average molecular weight is 286 g/mol. The Bertz CT molecular complexity index is 608. The first kappa shape index (κ1) is 14.8. The molecule has 0 fully saturated rings. The van der Waals surface area contributed by atoms with E-state index in [1.54, 1.807) is 24.7 Å². The molecule has 3 N–H and O–H groups in total. The van der Waals surface area contributed by atoms with Crippen molar-refractivity contribution < 1.29 is 9.59 Å². The van der Waals surface area contributed by atoms with Crippen molar-refractivity contribution in [3.63, 3.8) is 0 Å². The van der Waals surface area contributed by atoms with E-state index < -0.39 is 0 Å². The van der Waals surface area contributed by atoms with Crippen molar-refractivity contribution in [2.24, 2.45) is 0 Å². The molecule has 0 saturated carbocycles. The monoisotopic (exact) mass is 286 g/mol. The molecular weight excluding hydrogens is 268 g/mol. The fraction of sp³-hybridized carbons (Fsp3) is 0.267. The van der Waals surface area contributed by atoms with Crippen molar-refractivity contribution in [3.05, 3.63) is 53.6 Å². The molecule has 0 spiro atoms. The van der Waals surface area contributed by atoms with Gasteiger partial charge in [0.05, 0.1) is 12.9 Å². The van der Waals surface area contributed by atoms with Gasteiger partial charge < -0.3 is 15.6 Å². The van der Waals surface area contributed by atoms with Crippen LogP contribution in [0, 0.1) is 6.92 Å². The number of amides is 2.